The quantitative estimate of drug-likeness (QED) is 0.437. The van der Waals surface area contributed by atoms with Crippen LogP contribution in [-0.4, -0.2) is 51.6 Å². The molecule has 9 heteroatoms. The molecule has 0 unspecified atom stereocenters. The van der Waals surface area contributed by atoms with Gasteiger partial charge in [0.05, 0.1) is 36.7 Å². The van der Waals surface area contributed by atoms with Crippen molar-refractivity contribution in [3.05, 3.63) is 70.9 Å². The average molecular weight is 454 g/mol. The summed E-state index contributed by atoms with van der Waals surface area (Å²) in [5.74, 6) is 1.31. The molecule has 0 bridgehead atoms. The van der Waals surface area contributed by atoms with E-state index in [1.54, 1.807) is 12.4 Å². The Hall–Kier alpha value is -4.29. The van der Waals surface area contributed by atoms with Crippen LogP contribution in [0.2, 0.25) is 0 Å². The molecular formula is C25H23N7O2. The van der Waals surface area contributed by atoms with Crippen molar-refractivity contribution in [1.29, 1.82) is 5.26 Å². The molecule has 0 saturated carbocycles. The number of methoxy groups -OCH3 is 1. The Labute approximate surface area is 196 Å². The van der Waals surface area contributed by atoms with Crippen molar-refractivity contribution >= 4 is 22.3 Å². The normalized spacial score (nSPS) is 13.9. The van der Waals surface area contributed by atoms with Crippen LogP contribution in [0, 0.1) is 11.3 Å². The minimum atomic E-state index is -0.223. The second-order valence-electron chi connectivity index (χ2n) is 8.19. The third-order valence-electron chi connectivity index (χ3n) is 5.98. The summed E-state index contributed by atoms with van der Waals surface area (Å²) in [6.07, 6.45) is 5.32. The Balaban J connectivity index is 1.43. The van der Waals surface area contributed by atoms with Gasteiger partial charge in [-0.05, 0) is 35.2 Å². The molecule has 0 aliphatic carbocycles. The molecule has 0 atom stereocenters. The number of fused-ring (bicyclic) bond motifs is 1. The highest BCUT2D eigenvalue weighted by molar-refractivity contribution is 5.94. The molecule has 2 N–H and O–H groups in total. The van der Waals surface area contributed by atoms with Crippen molar-refractivity contribution in [2.75, 3.05) is 32.1 Å². The van der Waals surface area contributed by atoms with Gasteiger partial charge in [-0.1, -0.05) is 12.1 Å². The van der Waals surface area contributed by atoms with E-state index in [4.69, 9.17) is 15.0 Å². The smallest absolute Gasteiger partial charge is 0.259 e. The summed E-state index contributed by atoms with van der Waals surface area (Å²) in [6.45, 7) is 2.77. The number of ether oxygens (including phenoxy) is 1. The third kappa shape index (κ3) is 4.31. The number of aromatic nitrogens is 4. The van der Waals surface area contributed by atoms with Crippen molar-refractivity contribution in [2.45, 2.75) is 12.3 Å². The fourth-order valence-electron chi connectivity index (χ4n) is 4.15. The number of nitriles is 1. The second-order valence-corrected chi connectivity index (χ2v) is 8.19. The minimum Gasteiger partial charge on any atom is -0.480 e. The van der Waals surface area contributed by atoms with E-state index in [0.717, 1.165) is 30.7 Å². The maximum absolute atomic E-state index is 12.6. The lowest BCUT2D eigenvalue weighted by atomic mass is 9.91. The summed E-state index contributed by atoms with van der Waals surface area (Å²) in [7, 11) is 1.53. The van der Waals surface area contributed by atoms with Crippen LogP contribution in [0.1, 0.15) is 17.9 Å². The largest absolute Gasteiger partial charge is 0.480 e. The van der Waals surface area contributed by atoms with Crippen molar-refractivity contribution < 1.29 is 4.74 Å². The SMILES string of the molecule is COc1cncc(-c2cc3cc[nH]c(=O)c3c(Nc3ccc(C4CN(CCC#N)C4)cc3)n2)n1. The summed E-state index contributed by atoms with van der Waals surface area (Å²) in [6, 6.07) is 14.0. The van der Waals surface area contributed by atoms with Gasteiger partial charge in [-0.25, -0.2) is 9.97 Å². The molecular weight excluding hydrogens is 430 g/mol. The molecule has 0 amide bonds. The van der Waals surface area contributed by atoms with Gasteiger partial charge in [0.15, 0.2) is 0 Å². The van der Waals surface area contributed by atoms with Crippen molar-refractivity contribution in [2.24, 2.45) is 0 Å². The number of pyridine rings is 2. The molecule has 1 aliphatic rings. The zero-order valence-corrected chi connectivity index (χ0v) is 18.7. The zero-order chi connectivity index (χ0) is 23.5. The Morgan fingerprint density at radius 1 is 1.18 bits per heavy atom. The lowest BCUT2D eigenvalue weighted by Gasteiger charge is -2.39. The Morgan fingerprint density at radius 3 is 2.76 bits per heavy atom. The highest BCUT2D eigenvalue weighted by atomic mass is 16.5. The highest BCUT2D eigenvalue weighted by Gasteiger charge is 2.27. The van der Waals surface area contributed by atoms with Crippen molar-refractivity contribution in [1.82, 2.24) is 24.8 Å². The van der Waals surface area contributed by atoms with E-state index >= 15 is 0 Å². The molecule has 1 fully saturated rings. The summed E-state index contributed by atoms with van der Waals surface area (Å²) in [5.41, 5.74) is 2.99. The van der Waals surface area contributed by atoms with Crippen LogP contribution in [0.25, 0.3) is 22.2 Å². The molecule has 4 aromatic rings. The number of benzene rings is 1. The monoisotopic (exact) mass is 453 g/mol. The van der Waals surface area contributed by atoms with Gasteiger partial charge in [0.2, 0.25) is 5.88 Å². The van der Waals surface area contributed by atoms with Crippen LogP contribution in [0.15, 0.2) is 59.8 Å². The molecule has 1 saturated heterocycles. The number of rotatable bonds is 7. The molecule has 4 heterocycles. The van der Waals surface area contributed by atoms with Gasteiger partial charge in [-0.2, -0.15) is 5.26 Å². The maximum atomic E-state index is 12.6. The van der Waals surface area contributed by atoms with Crippen LogP contribution in [0.3, 0.4) is 0 Å². The zero-order valence-electron chi connectivity index (χ0n) is 18.7. The molecule has 1 aromatic carbocycles. The topological polar surface area (TPSA) is 120 Å². The molecule has 170 valence electrons. The van der Waals surface area contributed by atoms with Gasteiger partial charge in [0.25, 0.3) is 5.56 Å². The fourth-order valence-corrected chi connectivity index (χ4v) is 4.15. The summed E-state index contributed by atoms with van der Waals surface area (Å²) in [5, 5.41) is 13.3. The molecule has 34 heavy (non-hydrogen) atoms. The van der Waals surface area contributed by atoms with Crippen molar-refractivity contribution in [3.63, 3.8) is 0 Å². The molecule has 9 nitrogen and oxygen atoms in total. The number of H-pyrrole nitrogens is 1. The third-order valence-corrected chi connectivity index (χ3v) is 5.98. The van der Waals surface area contributed by atoms with Crippen LogP contribution in [0.5, 0.6) is 5.88 Å². The van der Waals surface area contributed by atoms with E-state index in [1.807, 2.05) is 24.3 Å². The first kappa shape index (κ1) is 21.6. The molecule has 0 radical (unpaired) electrons. The van der Waals surface area contributed by atoms with E-state index in [0.29, 0.717) is 40.8 Å². The van der Waals surface area contributed by atoms with Gasteiger partial charge in [0, 0.05) is 43.9 Å². The number of nitrogens with zero attached hydrogens (tertiary/aromatic N) is 5. The first-order chi connectivity index (χ1) is 16.6. The van der Waals surface area contributed by atoms with E-state index in [1.165, 1.54) is 18.9 Å². The number of aromatic amines is 1. The van der Waals surface area contributed by atoms with Crippen molar-refractivity contribution in [3.8, 4) is 23.3 Å². The Morgan fingerprint density at radius 2 is 2.00 bits per heavy atom. The first-order valence-corrected chi connectivity index (χ1v) is 11.0. The second kappa shape index (κ2) is 9.29. The average Bonchev–Trinajstić information content (AvgIpc) is 2.84. The van der Waals surface area contributed by atoms with E-state index in [2.05, 4.69) is 43.4 Å². The predicted octanol–water partition coefficient (Wildman–Crippen LogP) is 3.45. The molecule has 1 aliphatic heterocycles. The first-order valence-electron chi connectivity index (χ1n) is 11.0. The molecule has 0 spiro atoms. The van der Waals surface area contributed by atoms with Crippen LogP contribution in [-0.2, 0) is 0 Å². The Bertz CT molecular complexity index is 1420. The minimum absolute atomic E-state index is 0.223. The van der Waals surface area contributed by atoms with E-state index < -0.39 is 0 Å². The lowest BCUT2D eigenvalue weighted by molar-refractivity contribution is 0.152. The number of likely N-dealkylation sites (tertiary alicyclic amines) is 1. The predicted molar refractivity (Wildman–Crippen MR) is 129 cm³/mol. The fraction of sp³-hybridized carbons (Fsp3) is 0.240. The molecule has 3 aromatic heterocycles. The van der Waals surface area contributed by atoms with Gasteiger partial charge in [0.1, 0.15) is 11.5 Å². The van der Waals surface area contributed by atoms with Gasteiger partial charge in [-0.15, -0.1) is 0 Å². The van der Waals surface area contributed by atoms with E-state index in [-0.39, 0.29) is 5.56 Å². The Kier molecular flexibility index (Phi) is 5.89. The number of hydrogen-bond donors (Lipinski definition) is 2. The highest BCUT2D eigenvalue weighted by Crippen LogP contribution is 2.30. The lowest BCUT2D eigenvalue weighted by Crippen LogP contribution is -2.45. The maximum Gasteiger partial charge on any atom is 0.259 e. The van der Waals surface area contributed by atoms with Gasteiger partial charge < -0.3 is 19.9 Å². The standard InChI is InChI=1S/C25H23N7O2/c1-34-22-13-27-12-21(30-22)20-11-17-7-9-28-25(33)23(17)24(31-20)29-19-5-3-16(4-6-19)18-14-32(15-18)10-2-8-26/h3-7,9,11-13,18H,2,10,14-15H2,1H3,(H,28,33)(H,29,31). The van der Waals surface area contributed by atoms with Gasteiger partial charge in [-0.3, -0.25) is 9.78 Å². The number of hydrogen-bond acceptors (Lipinski definition) is 8. The number of nitrogens with one attached hydrogen (secondary N) is 2. The van der Waals surface area contributed by atoms with Crippen LogP contribution < -0.4 is 15.6 Å². The molecule has 5 rings (SSSR count). The summed E-state index contributed by atoms with van der Waals surface area (Å²) >= 11 is 0. The summed E-state index contributed by atoms with van der Waals surface area (Å²) in [4.78, 5) is 30.9. The van der Waals surface area contributed by atoms with Crippen LogP contribution >= 0.6 is 0 Å². The number of anilines is 2. The van der Waals surface area contributed by atoms with Gasteiger partial charge >= 0.3 is 0 Å². The summed E-state index contributed by atoms with van der Waals surface area (Å²) < 4.78 is 5.19. The van der Waals surface area contributed by atoms with E-state index in [9.17, 15) is 4.79 Å². The van der Waals surface area contributed by atoms with Crippen LogP contribution in [0.4, 0.5) is 11.5 Å².